The van der Waals surface area contributed by atoms with Gasteiger partial charge in [0.15, 0.2) is 0 Å². The lowest BCUT2D eigenvalue weighted by Gasteiger charge is -1.93. The van der Waals surface area contributed by atoms with Gasteiger partial charge in [-0.1, -0.05) is 0 Å². The first-order chi connectivity index (χ1) is 6.24. The van der Waals surface area contributed by atoms with E-state index < -0.39 is 0 Å². The Labute approximate surface area is 75.6 Å². The lowest BCUT2D eigenvalue weighted by Crippen LogP contribution is -1.98. The van der Waals surface area contributed by atoms with Gasteiger partial charge < -0.3 is 10.5 Å². The fraction of sp³-hybridized carbons (Fsp3) is 0.250. The summed E-state index contributed by atoms with van der Waals surface area (Å²) in [6.07, 6.45) is 4.40. The second-order valence-electron chi connectivity index (χ2n) is 2.32. The maximum atomic E-state index is 10.9. The van der Waals surface area contributed by atoms with Gasteiger partial charge in [-0.25, -0.2) is 4.79 Å². The standard InChI is InChI=1S/C8H11N3O2/c1-2-13-7(12)4-3-6-5-10-11-8(6)9/h3-5H,2H2,1H3,(H3,9,10,11). The van der Waals surface area contributed by atoms with Crippen molar-refractivity contribution in [2.45, 2.75) is 6.92 Å². The molecule has 70 valence electrons. The van der Waals surface area contributed by atoms with Crippen molar-refractivity contribution in [3.8, 4) is 0 Å². The molecule has 0 aromatic carbocycles. The van der Waals surface area contributed by atoms with Gasteiger partial charge in [0.2, 0.25) is 0 Å². The predicted molar refractivity (Wildman–Crippen MR) is 48.7 cm³/mol. The van der Waals surface area contributed by atoms with Crippen molar-refractivity contribution in [1.82, 2.24) is 10.2 Å². The zero-order valence-corrected chi connectivity index (χ0v) is 7.28. The third kappa shape index (κ3) is 2.62. The fourth-order valence-electron chi connectivity index (χ4n) is 0.786. The first-order valence-electron chi connectivity index (χ1n) is 3.87. The van der Waals surface area contributed by atoms with Crippen LogP contribution in [0.1, 0.15) is 12.5 Å². The molecule has 0 bridgehead atoms. The van der Waals surface area contributed by atoms with Gasteiger partial charge >= 0.3 is 5.97 Å². The minimum atomic E-state index is -0.386. The largest absolute Gasteiger partial charge is 0.463 e. The van der Waals surface area contributed by atoms with Crippen molar-refractivity contribution >= 4 is 17.9 Å². The third-order valence-corrected chi connectivity index (χ3v) is 1.39. The van der Waals surface area contributed by atoms with Crippen molar-refractivity contribution in [2.75, 3.05) is 12.3 Å². The molecule has 5 nitrogen and oxygen atoms in total. The zero-order chi connectivity index (χ0) is 9.68. The molecule has 1 heterocycles. The fourth-order valence-corrected chi connectivity index (χ4v) is 0.786. The number of ether oxygens (including phenoxy) is 1. The number of H-pyrrole nitrogens is 1. The van der Waals surface area contributed by atoms with Crippen molar-refractivity contribution in [1.29, 1.82) is 0 Å². The van der Waals surface area contributed by atoms with Gasteiger partial charge in [0, 0.05) is 11.6 Å². The summed E-state index contributed by atoms with van der Waals surface area (Å²) in [6, 6.07) is 0. The minimum absolute atomic E-state index is 0.365. The molecule has 0 saturated carbocycles. The first-order valence-corrected chi connectivity index (χ1v) is 3.87. The number of nitrogens with one attached hydrogen (secondary N) is 1. The average Bonchev–Trinajstić information content (AvgIpc) is 2.48. The van der Waals surface area contributed by atoms with E-state index in [1.165, 1.54) is 12.3 Å². The van der Waals surface area contributed by atoms with Crippen LogP contribution in [0, 0.1) is 0 Å². The lowest BCUT2D eigenvalue weighted by molar-refractivity contribution is -0.137. The normalized spacial score (nSPS) is 10.5. The van der Waals surface area contributed by atoms with E-state index in [9.17, 15) is 4.79 Å². The number of rotatable bonds is 3. The number of aromatic nitrogens is 2. The minimum Gasteiger partial charge on any atom is -0.463 e. The van der Waals surface area contributed by atoms with Gasteiger partial charge in [0.05, 0.1) is 12.8 Å². The summed E-state index contributed by atoms with van der Waals surface area (Å²) in [7, 11) is 0. The summed E-state index contributed by atoms with van der Waals surface area (Å²) in [4.78, 5) is 10.9. The smallest absolute Gasteiger partial charge is 0.330 e. The molecule has 0 aliphatic rings. The maximum Gasteiger partial charge on any atom is 0.330 e. The van der Waals surface area contributed by atoms with Crippen LogP contribution in [0.5, 0.6) is 0 Å². The van der Waals surface area contributed by atoms with Crippen LogP contribution in [0.15, 0.2) is 12.3 Å². The van der Waals surface area contributed by atoms with Crippen molar-refractivity contribution in [3.05, 3.63) is 17.8 Å². The van der Waals surface area contributed by atoms with Crippen LogP contribution in [0.25, 0.3) is 6.08 Å². The molecule has 0 aliphatic carbocycles. The molecule has 3 N–H and O–H groups in total. The SMILES string of the molecule is CCOC(=O)C=Cc1cn[nH]c1N. The Balaban J connectivity index is 2.58. The number of hydrogen-bond donors (Lipinski definition) is 2. The molecule has 0 atom stereocenters. The summed E-state index contributed by atoms with van der Waals surface area (Å²) in [6.45, 7) is 2.11. The van der Waals surface area contributed by atoms with Gasteiger partial charge in [-0.3, -0.25) is 5.10 Å². The molecule has 0 unspecified atom stereocenters. The summed E-state index contributed by atoms with van der Waals surface area (Å²) < 4.78 is 4.68. The highest BCUT2D eigenvalue weighted by molar-refractivity contribution is 5.87. The van der Waals surface area contributed by atoms with Crippen LogP contribution in [0.2, 0.25) is 0 Å². The number of hydrogen-bond acceptors (Lipinski definition) is 4. The molecule has 0 spiro atoms. The van der Waals surface area contributed by atoms with Crippen LogP contribution in [0.4, 0.5) is 5.82 Å². The molecule has 1 aromatic heterocycles. The second-order valence-corrected chi connectivity index (χ2v) is 2.32. The molecule has 13 heavy (non-hydrogen) atoms. The third-order valence-electron chi connectivity index (χ3n) is 1.39. The highest BCUT2D eigenvalue weighted by atomic mass is 16.5. The topological polar surface area (TPSA) is 81.0 Å². The van der Waals surface area contributed by atoms with E-state index in [0.29, 0.717) is 18.0 Å². The summed E-state index contributed by atoms with van der Waals surface area (Å²) in [5.74, 6) is 0.0450. The summed E-state index contributed by atoms with van der Waals surface area (Å²) in [5, 5.41) is 6.24. The van der Waals surface area contributed by atoms with Gasteiger partial charge in [-0.15, -0.1) is 0 Å². The Hall–Kier alpha value is -1.78. The van der Waals surface area contributed by atoms with Crippen LogP contribution in [0.3, 0.4) is 0 Å². The maximum absolute atomic E-state index is 10.9. The number of carbonyl (C=O) groups excluding carboxylic acids is 1. The van der Waals surface area contributed by atoms with E-state index in [4.69, 9.17) is 5.73 Å². The molecule has 0 amide bonds. The molecule has 0 radical (unpaired) electrons. The summed E-state index contributed by atoms with van der Waals surface area (Å²) in [5.41, 5.74) is 6.15. The first kappa shape index (κ1) is 9.31. The number of carbonyl (C=O) groups is 1. The number of nitrogens with two attached hydrogens (primary N) is 1. The molecular formula is C8H11N3O2. The summed E-state index contributed by atoms with van der Waals surface area (Å²) >= 11 is 0. The quantitative estimate of drug-likeness (QED) is 0.527. The Kier molecular flexibility index (Phi) is 3.08. The number of esters is 1. The van der Waals surface area contributed by atoms with E-state index in [0.717, 1.165) is 0 Å². The number of nitrogen functional groups attached to an aromatic ring is 1. The van der Waals surface area contributed by atoms with E-state index in [1.807, 2.05) is 0 Å². The van der Waals surface area contributed by atoms with Crippen LogP contribution in [-0.4, -0.2) is 22.8 Å². The van der Waals surface area contributed by atoms with Crippen LogP contribution >= 0.6 is 0 Å². The molecule has 0 saturated heterocycles. The van der Waals surface area contributed by atoms with Crippen molar-refractivity contribution < 1.29 is 9.53 Å². The van der Waals surface area contributed by atoms with Crippen molar-refractivity contribution in [2.24, 2.45) is 0 Å². The van der Waals surface area contributed by atoms with E-state index in [1.54, 1.807) is 13.0 Å². The van der Waals surface area contributed by atoms with Gasteiger partial charge in [-0.2, -0.15) is 5.10 Å². The Bertz CT molecular complexity index is 317. The molecular weight excluding hydrogens is 170 g/mol. The number of aromatic amines is 1. The van der Waals surface area contributed by atoms with E-state index in [2.05, 4.69) is 14.9 Å². The Morgan fingerprint density at radius 2 is 2.62 bits per heavy atom. The van der Waals surface area contributed by atoms with Gasteiger partial charge in [0.1, 0.15) is 5.82 Å². The molecule has 0 fully saturated rings. The molecule has 0 aliphatic heterocycles. The number of anilines is 1. The monoisotopic (exact) mass is 181 g/mol. The molecule has 1 aromatic rings. The second kappa shape index (κ2) is 4.30. The van der Waals surface area contributed by atoms with Crippen LogP contribution < -0.4 is 5.73 Å². The predicted octanol–water partition coefficient (Wildman–Crippen LogP) is 0.568. The van der Waals surface area contributed by atoms with E-state index >= 15 is 0 Å². The molecule has 5 heteroatoms. The molecule has 1 rings (SSSR count). The van der Waals surface area contributed by atoms with Gasteiger partial charge in [-0.05, 0) is 13.0 Å². The highest BCUT2D eigenvalue weighted by Gasteiger charge is 1.97. The van der Waals surface area contributed by atoms with Crippen LogP contribution in [-0.2, 0) is 9.53 Å². The van der Waals surface area contributed by atoms with Crippen molar-refractivity contribution in [3.63, 3.8) is 0 Å². The lowest BCUT2D eigenvalue weighted by atomic mass is 10.3. The average molecular weight is 181 g/mol. The van der Waals surface area contributed by atoms with Gasteiger partial charge in [0.25, 0.3) is 0 Å². The zero-order valence-electron chi connectivity index (χ0n) is 7.28. The Morgan fingerprint density at radius 3 is 3.15 bits per heavy atom. The Morgan fingerprint density at radius 1 is 1.85 bits per heavy atom. The number of nitrogens with zero attached hydrogens (tertiary/aromatic N) is 1. The highest BCUT2D eigenvalue weighted by Crippen LogP contribution is 2.07. The van der Waals surface area contributed by atoms with E-state index in [-0.39, 0.29) is 5.97 Å².